The standard InChI is InChI=1S/C19H21FN2O/c20-18-5-1-4-16(11-18)19-13-22(12-17(19)14-23)10-2-3-15-6-8-21-9-7-15/h1-9,11,17,19,23H,10,12-14H2/b3-2+/t17-,19-/m0/s1. The van der Waals surface area contributed by atoms with Crippen molar-refractivity contribution in [2.45, 2.75) is 5.92 Å². The van der Waals surface area contributed by atoms with Gasteiger partial charge in [0, 0.05) is 50.5 Å². The van der Waals surface area contributed by atoms with E-state index >= 15 is 0 Å². The van der Waals surface area contributed by atoms with E-state index in [9.17, 15) is 9.50 Å². The van der Waals surface area contributed by atoms with Crippen molar-refractivity contribution in [2.75, 3.05) is 26.2 Å². The molecule has 0 unspecified atom stereocenters. The Morgan fingerprint density at radius 2 is 2.04 bits per heavy atom. The summed E-state index contributed by atoms with van der Waals surface area (Å²) in [5, 5.41) is 9.64. The van der Waals surface area contributed by atoms with Gasteiger partial charge in [0.2, 0.25) is 0 Å². The van der Waals surface area contributed by atoms with Crippen molar-refractivity contribution >= 4 is 6.08 Å². The molecule has 1 N–H and O–H groups in total. The third kappa shape index (κ3) is 4.03. The first-order valence-corrected chi connectivity index (χ1v) is 7.91. The molecule has 3 nitrogen and oxygen atoms in total. The summed E-state index contributed by atoms with van der Waals surface area (Å²) in [5.74, 6) is 0.131. The summed E-state index contributed by atoms with van der Waals surface area (Å²) in [7, 11) is 0. The molecular formula is C19H21FN2O. The molecule has 2 atom stereocenters. The lowest BCUT2D eigenvalue weighted by Crippen LogP contribution is -2.21. The third-order valence-corrected chi connectivity index (χ3v) is 4.41. The molecule has 2 heterocycles. The second-order valence-electron chi connectivity index (χ2n) is 6.01. The van der Waals surface area contributed by atoms with Gasteiger partial charge in [-0.15, -0.1) is 0 Å². The van der Waals surface area contributed by atoms with Gasteiger partial charge in [0.15, 0.2) is 0 Å². The van der Waals surface area contributed by atoms with Crippen LogP contribution >= 0.6 is 0 Å². The van der Waals surface area contributed by atoms with Gasteiger partial charge in [-0.3, -0.25) is 9.88 Å². The smallest absolute Gasteiger partial charge is 0.123 e. The Kier molecular flexibility index (Phi) is 5.16. The molecule has 0 spiro atoms. The number of aliphatic hydroxyl groups excluding tert-OH is 1. The number of pyridine rings is 1. The molecule has 0 saturated carbocycles. The van der Waals surface area contributed by atoms with Crippen molar-refractivity contribution in [1.82, 2.24) is 9.88 Å². The third-order valence-electron chi connectivity index (χ3n) is 4.41. The first kappa shape index (κ1) is 15.8. The van der Waals surface area contributed by atoms with Gasteiger partial charge < -0.3 is 5.11 Å². The zero-order chi connectivity index (χ0) is 16.1. The minimum atomic E-state index is -0.213. The maximum absolute atomic E-state index is 13.4. The second kappa shape index (κ2) is 7.49. The van der Waals surface area contributed by atoms with Crippen molar-refractivity contribution in [3.63, 3.8) is 0 Å². The molecule has 0 bridgehead atoms. The molecule has 2 aromatic rings. The van der Waals surface area contributed by atoms with Gasteiger partial charge in [-0.1, -0.05) is 24.3 Å². The highest BCUT2D eigenvalue weighted by molar-refractivity contribution is 5.48. The van der Waals surface area contributed by atoms with Gasteiger partial charge in [0.1, 0.15) is 5.82 Å². The van der Waals surface area contributed by atoms with E-state index in [2.05, 4.69) is 22.0 Å². The van der Waals surface area contributed by atoms with Gasteiger partial charge in [-0.05, 0) is 35.4 Å². The molecular weight excluding hydrogens is 291 g/mol. The fourth-order valence-corrected chi connectivity index (χ4v) is 3.22. The highest BCUT2D eigenvalue weighted by Crippen LogP contribution is 2.32. The van der Waals surface area contributed by atoms with E-state index in [4.69, 9.17) is 0 Å². The average Bonchev–Trinajstić information content (AvgIpc) is 2.99. The van der Waals surface area contributed by atoms with Crippen LogP contribution in [0.1, 0.15) is 17.0 Å². The van der Waals surface area contributed by atoms with E-state index in [-0.39, 0.29) is 24.3 Å². The summed E-state index contributed by atoms with van der Waals surface area (Å²) in [6.07, 6.45) is 7.75. The Labute approximate surface area is 136 Å². The van der Waals surface area contributed by atoms with Crippen LogP contribution < -0.4 is 0 Å². The van der Waals surface area contributed by atoms with Crippen molar-refractivity contribution in [3.8, 4) is 0 Å². The van der Waals surface area contributed by atoms with Crippen LogP contribution in [0.4, 0.5) is 4.39 Å². The molecule has 1 fully saturated rings. The minimum absolute atomic E-state index is 0.131. The van der Waals surface area contributed by atoms with Crippen LogP contribution in [0.15, 0.2) is 54.9 Å². The molecule has 0 amide bonds. The molecule has 0 radical (unpaired) electrons. The summed E-state index contributed by atoms with van der Waals surface area (Å²) in [6, 6.07) is 10.7. The number of hydrogen-bond acceptors (Lipinski definition) is 3. The van der Waals surface area contributed by atoms with Crippen LogP contribution in [0.2, 0.25) is 0 Å². The van der Waals surface area contributed by atoms with Crippen LogP contribution in [0.3, 0.4) is 0 Å². The van der Waals surface area contributed by atoms with Crippen molar-refractivity contribution in [2.24, 2.45) is 5.92 Å². The average molecular weight is 312 g/mol. The molecule has 1 aromatic heterocycles. The fraction of sp³-hybridized carbons (Fsp3) is 0.316. The Bertz CT molecular complexity index is 659. The maximum atomic E-state index is 13.4. The maximum Gasteiger partial charge on any atom is 0.123 e. The minimum Gasteiger partial charge on any atom is -0.396 e. The quantitative estimate of drug-likeness (QED) is 0.922. The van der Waals surface area contributed by atoms with E-state index in [0.29, 0.717) is 0 Å². The van der Waals surface area contributed by atoms with E-state index in [1.807, 2.05) is 18.2 Å². The van der Waals surface area contributed by atoms with E-state index in [0.717, 1.165) is 30.8 Å². The Morgan fingerprint density at radius 1 is 1.22 bits per heavy atom. The number of aliphatic hydroxyl groups is 1. The summed E-state index contributed by atoms with van der Waals surface area (Å²) in [5.41, 5.74) is 2.10. The molecule has 1 aliphatic rings. The predicted octanol–water partition coefficient (Wildman–Crippen LogP) is 2.94. The van der Waals surface area contributed by atoms with Gasteiger partial charge in [-0.25, -0.2) is 4.39 Å². The molecule has 120 valence electrons. The van der Waals surface area contributed by atoms with Gasteiger partial charge in [0.05, 0.1) is 0 Å². The molecule has 0 aliphatic carbocycles. The van der Waals surface area contributed by atoms with Crippen molar-refractivity contribution in [3.05, 3.63) is 71.8 Å². The molecule has 1 saturated heterocycles. The molecule has 3 rings (SSSR count). The van der Waals surface area contributed by atoms with Crippen molar-refractivity contribution in [1.29, 1.82) is 0 Å². The number of benzene rings is 1. The number of halogens is 1. The highest BCUT2D eigenvalue weighted by Gasteiger charge is 2.32. The van der Waals surface area contributed by atoms with Gasteiger partial charge in [-0.2, -0.15) is 0 Å². The number of rotatable bonds is 5. The van der Waals surface area contributed by atoms with Crippen LogP contribution in [0.25, 0.3) is 6.08 Å². The lowest BCUT2D eigenvalue weighted by atomic mass is 9.89. The fourth-order valence-electron chi connectivity index (χ4n) is 3.22. The zero-order valence-corrected chi connectivity index (χ0v) is 13.0. The number of aromatic nitrogens is 1. The number of likely N-dealkylation sites (tertiary alicyclic amines) is 1. The molecule has 1 aliphatic heterocycles. The summed E-state index contributed by atoms with van der Waals surface area (Å²) >= 11 is 0. The lowest BCUT2D eigenvalue weighted by molar-refractivity contribution is 0.217. The predicted molar refractivity (Wildman–Crippen MR) is 89.4 cm³/mol. The van der Waals surface area contributed by atoms with Crippen LogP contribution in [0.5, 0.6) is 0 Å². The topological polar surface area (TPSA) is 36.4 Å². The normalized spacial score (nSPS) is 22.0. The number of nitrogens with zero attached hydrogens (tertiary/aromatic N) is 2. The second-order valence-corrected chi connectivity index (χ2v) is 6.01. The van der Waals surface area contributed by atoms with E-state index in [1.165, 1.54) is 6.07 Å². The van der Waals surface area contributed by atoms with Crippen LogP contribution in [-0.4, -0.2) is 41.2 Å². The van der Waals surface area contributed by atoms with Gasteiger partial charge >= 0.3 is 0 Å². The summed E-state index contributed by atoms with van der Waals surface area (Å²) in [6.45, 7) is 2.63. The first-order chi connectivity index (χ1) is 11.3. The van der Waals surface area contributed by atoms with Crippen molar-refractivity contribution < 1.29 is 9.50 Å². The highest BCUT2D eigenvalue weighted by atomic mass is 19.1. The van der Waals surface area contributed by atoms with Crippen LogP contribution in [-0.2, 0) is 0 Å². The number of hydrogen-bond donors (Lipinski definition) is 1. The van der Waals surface area contributed by atoms with E-state index in [1.54, 1.807) is 24.5 Å². The Hall–Kier alpha value is -2.04. The summed E-state index contributed by atoms with van der Waals surface area (Å²) < 4.78 is 13.4. The summed E-state index contributed by atoms with van der Waals surface area (Å²) in [4.78, 5) is 6.30. The largest absolute Gasteiger partial charge is 0.396 e. The SMILES string of the molecule is OC[C@@H]1CN(C/C=C/c2ccncc2)C[C@H]1c1cccc(F)c1. The monoisotopic (exact) mass is 312 g/mol. The van der Waals surface area contributed by atoms with Crippen LogP contribution in [0, 0.1) is 11.7 Å². The molecule has 4 heteroatoms. The van der Waals surface area contributed by atoms with E-state index < -0.39 is 0 Å². The molecule has 1 aromatic carbocycles. The molecule has 23 heavy (non-hydrogen) atoms. The zero-order valence-electron chi connectivity index (χ0n) is 13.0. The Balaban J connectivity index is 1.63. The first-order valence-electron chi connectivity index (χ1n) is 7.91. The Morgan fingerprint density at radius 3 is 2.78 bits per heavy atom. The van der Waals surface area contributed by atoms with Gasteiger partial charge in [0.25, 0.3) is 0 Å². The lowest BCUT2D eigenvalue weighted by Gasteiger charge is -2.16.